The van der Waals surface area contributed by atoms with Gasteiger partial charge in [-0.3, -0.25) is 10.2 Å². The number of hydrogen-bond acceptors (Lipinski definition) is 3. The van der Waals surface area contributed by atoms with E-state index in [0.717, 1.165) is 12.8 Å². The summed E-state index contributed by atoms with van der Waals surface area (Å²) in [5.74, 6) is -0.101. The van der Waals surface area contributed by atoms with E-state index in [1.807, 2.05) is 5.01 Å². The van der Waals surface area contributed by atoms with Crippen LogP contribution >= 0.6 is 15.9 Å². The van der Waals surface area contributed by atoms with Gasteiger partial charge in [-0.05, 0) is 60.8 Å². The molecule has 1 saturated heterocycles. The highest BCUT2D eigenvalue weighted by Gasteiger charge is 2.26. The van der Waals surface area contributed by atoms with Crippen molar-refractivity contribution < 1.29 is 9.90 Å². The monoisotopic (exact) mass is 326 g/mol. The van der Waals surface area contributed by atoms with E-state index in [-0.39, 0.29) is 11.7 Å². The van der Waals surface area contributed by atoms with Gasteiger partial charge in [0.1, 0.15) is 5.75 Å². The Labute approximate surface area is 121 Å². The molecular weight excluding hydrogens is 308 g/mol. The molecule has 0 saturated carbocycles. The van der Waals surface area contributed by atoms with E-state index in [4.69, 9.17) is 0 Å². The van der Waals surface area contributed by atoms with Gasteiger partial charge in [0, 0.05) is 17.6 Å². The Morgan fingerprint density at radius 3 is 2.58 bits per heavy atom. The zero-order chi connectivity index (χ0) is 14.0. The zero-order valence-corrected chi connectivity index (χ0v) is 12.8. The third-order valence-corrected chi connectivity index (χ3v) is 4.30. The van der Waals surface area contributed by atoms with Crippen molar-refractivity contribution in [2.24, 2.45) is 0 Å². The number of hydrazine groups is 1. The minimum Gasteiger partial charge on any atom is -0.507 e. The van der Waals surface area contributed by atoms with Crippen molar-refractivity contribution in [1.82, 2.24) is 10.4 Å². The molecule has 1 aromatic carbocycles. The quantitative estimate of drug-likeness (QED) is 0.878. The molecule has 1 heterocycles. The van der Waals surface area contributed by atoms with E-state index in [2.05, 4.69) is 35.2 Å². The third kappa shape index (κ3) is 3.28. The minimum absolute atomic E-state index is 0.0763. The highest BCUT2D eigenvalue weighted by molar-refractivity contribution is 9.10. The van der Waals surface area contributed by atoms with Gasteiger partial charge in [0.15, 0.2) is 0 Å². The first-order chi connectivity index (χ1) is 8.99. The van der Waals surface area contributed by atoms with Crippen molar-refractivity contribution in [1.29, 1.82) is 0 Å². The molecular formula is C14H19BrN2O2. The second kappa shape index (κ2) is 5.92. The number of phenols is 1. The minimum atomic E-state index is -0.177. The summed E-state index contributed by atoms with van der Waals surface area (Å²) in [5, 5.41) is 11.6. The fourth-order valence-corrected chi connectivity index (χ4v) is 2.72. The first-order valence-corrected chi connectivity index (χ1v) is 7.36. The summed E-state index contributed by atoms with van der Waals surface area (Å²) >= 11 is 3.20. The van der Waals surface area contributed by atoms with E-state index >= 15 is 0 Å². The lowest BCUT2D eigenvalue weighted by Gasteiger charge is -2.38. The topological polar surface area (TPSA) is 52.6 Å². The number of piperidine rings is 1. The number of amides is 1. The first-order valence-electron chi connectivity index (χ1n) is 6.57. The standard InChI is InChI=1S/C14H19BrN2O2/c1-9-4-3-5-10(2)17(9)16-14(19)11-6-7-12(15)13(18)8-11/h6-10,18H,3-5H2,1-2H3,(H,16,19). The van der Waals surface area contributed by atoms with Crippen molar-refractivity contribution in [3.8, 4) is 5.75 Å². The fourth-order valence-electron chi connectivity index (χ4n) is 2.48. The van der Waals surface area contributed by atoms with Crippen LogP contribution in [-0.4, -0.2) is 28.1 Å². The molecule has 104 valence electrons. The Balaban J connectivity index is 2.09. The molecule has 2 unspecified atom stereocenters. The molecule has 0 aromatic heterocycles. The molecule has 0 bridgehead atoms. The summed E-state index contributed by atoms with van der Waals surface area (Å²) in [6.45, 7) is 4.24. The third-order valence-electron chi connectivity index (χ3n) is 3.63. The maximum atomic E-state index is 12.2. The van der Waals surface area contributed by atoms with Gasteiger partial charge in [-0.1, -0.05) is 6.42 Å². The molecule has 4 nitrogen and oxygen atoms in total. The molecule has 0 spiro atoms. The van der Waals surface area contributed by atoms with E-state index in [1.54, 1.807) is 12.1 Å². The summed E-state index contributed by atoms with van der Waals surface area (Å²) in [7, 11) is 0. The van der Waals surface area contributed by atoms with Crippen LogP contribution < -0.4 is 5.43 Å². The Kier molecular flexibility index (Phi) is 4.47. The molecule has 0 aliphatic carbocycles. The molecule has 2 atom stereocenters. The smallest absolute Gasteiger partial charge is 0.265 e. The number of phenolic OH excluding ortho intramolecular Hbond substituents is 1. The van der Waals surface area contributed by atoms with Gasteiger partial charge in [-0.15, -0.1) is 0 Å². The predicted molar refractivity (Wildman–Crippen MR) is 77.9 cm³/mol. The van der Waals surface area contributed by atoms with Gasteiger partial charge < -0.3 is 5.11 Å². The Morgan fingerprint density at radius 2 is 2.00 bits per heavy atom. The fraction of sp³-hybridized carbons (Fsp3) is 0.500. The molecule has 2 rings (SSSR count). The molecule has 0 radical (unpaired) electrons. The number of nitrogens with zero attached hydrogens (tertiary/aromatic N) is 1. The van der Waals surface area contributed by atoms with Crippen LogP contribution in [0.4, 0.5) is 0 Å². The number of aromatic hydroxyl groups is 1. The normalized spacial score (nSPS) is 24.2. The summed E-state index contributed by atoms with van der Waals surface area (Å²) in [5.41, 5.74) is 3.41. The molecule has 19 heavy (non-hydrogen) atoms. The van der Waals surface area contributed by atoms with Gasteiger partial charge in [0.05, 0.1) is 4.47 Å². The van der Waals surface area contributed by atoms with Crippen molar-refractivity contribution in [2.75, 3.05) is 0 Å². The molecule has 1 fully saturated rings. The van der Waals surface area contributed by atoms with Gasteiger partial charge in [-0.2, -0.15) is 0 Å². The summed E-state index contributed by atoms with van der Waals surface area (Å²) < 4.78 is 0.587. The van der Waals surface area contributed by atoms with Crippen LogP contribution in [0.1, 0.15) is 43.5 Å². The Hall–Kier alpha value is -1.07. The second-order valence-electron chi connectivity index (χ2n) is 5.14. The van der Waals surface area contributed by atoms with Crippen LogP contribution in [0.25, 0.3) is 0 Å². The number of nitrogens with one attached hydrogen (secondary N) is 1. The van der Waals surface area contributed by atoms with Gasteiger partial charge in [0.25, 0.3) is 5.91 Å². The summed E-state index contributed by atoms with van der Waals surface area (Å²) in [6, 6.07) is 5.53. The van der Waals surface area contributed by atoms with Crippen molar-refractivity contribution >= 4 is 21.8 Å². The molecule has 1 aromatic rings. The van der Waals surface area contributed by atoms with Crippen LogP contribution in [0.15, 0.2) is 22.7 Å². The maximum absolute atomic E-state index is 12.2. The van der Waals surface area contributed by atoms with Crippen LogP contribution in [0, 0.1) is 0 Å². The number of hydrogen-bond donors (Lipinski definition) is 2. The molecule has 1 aliphatic heterocycles. The van der Waals surface area contributed by atoms with E-state index in [9.17, 15) is 9.90 Å². The van der Waals surface area contributed by atoms with E-state index in [0.29, 0.717) is 22.1 Å². The van der Waals surface area contributed by atoms with Crippen LogP contribution in [0.5, 0.6) is 5.75 Å². The second-order valence-corrected chi connectivity index (χ2v) is 6.00. The van der Waals surface area contributed by atoms with Crippen LogP contribution in [0.3, 0.4) is 0 Å². The van der Waals surface area contributed by atoms with E-state index in [1.165, 1.54) is 12.5 Å². The van der Waals surface area contributed by atoms with Gasteiger partial charge >= 0.3 is 0 Å². The van der Waals surface area contributed by atoms with Gasteiger partial charge in [0.2, 0.25) is 0 Å². The lowest BCUT2D eigenvalue weighted by molar-refractivity contribution is 0.0369. The SMILES string of the molecule is CC1CCCC(C)N1NC(=O)c1ccc(Br)c(O)c1. The number of carbonyl (C=O) groups is 1. The highest BCUT2D eigenvalue weighted by atomic mass is 79.9. The number of halogens is 1. The Bertz CT molecular complexity index is 469. The Morgan fingerprint density at radius 1 is 1.37 bits per heavy atom. The average Bonchev–Trinajstić information content (AvgIpc) is 2.37. The van der Waals surface area contributed by atoms with Crippen LogP contribution in [-0.2, 0) is 0 Å². The maximum Gasteiger partial charge on any atom is 0.265 e. The largest absolute Gasteiger partial charge is 0.507 e. The molecule has 1 aliphatic rings. The summed E-state index contributed by atoms with van der Waals surface area (Å²) in [6.07, 6.45) is 3.39. The number of benzene rings is 1. The van der Waals surface area contributed by atoms with Crippen molar-refractivity contribution in [3.63, 3.8) is 0 Å². The van der Waals surface area contributed by atoms with E-state index < -0.39 is 0 Å². The zero-order valence-electron chi connectivity index (χ0n) is 11.2. The highest BCUT2D eigenvalue weighted by Crippen LogP contribution is 2.25. The number of carbonyl (C=O) groups excluding carboxylic acids is 1. The molecule has 5 heteroatoms. The van der Waals surface area contributed by atoms with Crippen molar-refractivity contribution in [3.05, 3.63) is 28.2 Å². The first kappa shape index (κ1) is 14.3. The average molecular weight is 327 g/mol. The lowest BCUT2D eigenvalue weighted by atomic mass is 10.00. The summed E-state index contributed by atoms with van der Waals surface area (Å²) in [4.78, 5) is 12.2. The van der Waals surface area contributed by atoms with Crippen LogP contribution in [0.2, 0.25) is 0 Å². The number of rotatable bonds is 2. The molecule has 1 amide bonds. The lowest BCUT2D eigenvalue weighted by Crippen LogP contribution is -2.54. The van der Waals surface area contributed by atoms with Crippen molar-refractivity contribution in [2.45, 2.75) is 45.2 Å². The predicted octanol–water partition coefficient (Wildman–Crippen LogP) is 3.06. The van der Waals surface area contributed by atoms with Gasteiger partial charge in [-0.25, -0.2) is 5.01 Å². The molecule has 2 N–H and O–H groups in total.